The van der Waals surface area contributed by atoms with Crippen molar-refractivity contribution >= 4 is 27.3 Å². The Balaban J connectivity index is 1.17. The van der Waals surface area contributed by atoms with Gasteiger partial charge in [-0.1, -0.05) is 0 Å². The zero-order chi connectivity index (χ0) is 27.5. The molecule has 6 rings (SSSR count). The quantitative estimate of drug-likeness (QED) is 0.398. The van der Waals surface area contributed by atoms with E-state index in [1.54, 1.807) is 46.9 Å². The van der Waals surface area contributed by atoms with Crippen LogP contribution in [0.25, 0.3) is 0 Å². The SMILES string of the molecule is O=S(=O)(c1ccc(Nc2nccc(C3CNc4ccc(F)cc43)n2)cc1)N(CCN1CCCC1)C1CCOCC1. The topological polar surface area (TPSA) is 99.7 Å². The summed E-state index contributed by atoms with van der Waals surface area (Å²) in [5, 5.41) is 6.49. The molecular weight excluding hydrogens is 531 g/mol. The average molecular weight is 567 g/mol. The number of ether oxygens (including phenoxy) is 1. The van der Waals surface area contributed by atoms with Crippen LogP contribution in [-0.2, 0) is 14.8 Å². The summed E-state index contributed by atoms with van der Waals surface area (Å²) in [6.45, 7) is 5.09. The van der Waals surface area contributed by atoms with Crippen molar-refractivity contribution in [3.8, 4) is 0 Å². The Labute approximate surface area is 234 Å². The lowest BCUT2D eigenvalue weighted by atomic mass is 9.97. The van der Waals surface area contributed by atoms with E-state index in [0.717, 1.165) is 36.6 Å². The fourth-order valence-corrected chi connectivity index (χ4v) is 7.56. The number of sulfonamides is 1. The molecule has 9 nitrogen and oxygen atoms in total. The summed E-state index contributed by atoms with van der Waals surface area (Å²) in [6, 6.07) is 13.3. The molecule has 3 aliphatic rings. The summed E-state index contributed by atoms with van der Waals surface area (Å²) < 4.78 is 48.7. The van der Waals surface area contributed by atoms with Gasteiger partial charge in [-0.05, 0) is 92.9 Å². The third kappa shape index (κ3) is 5.83. The Kier molecular flexibility index (Phi) is 7.97. The number of aromatic nitrogens is 2. The maximum Gasteiger partial charge on any atom is 0.243 e. The highest BCUT2D eigenvalue weighted by Gasteiger charge is 2.33. The molecule has 0 radical (unpaired) electrons. The number of hydrogen-bond donors (Lipinski definition) is 2. The van der Waals surface area contributed by atoms with Crippen LogP contribution in [0.1, 0.15) is 42.9 Å². The van der Waals surface area contributed by atoms with Gasteiger partial charge in [-0.2, -0.15) is 4.31 Å². The first-order valence-electron chi connectivity index (χ1n) is 14.0. The van der Waals surface area contributed by atoms with Crippen molar-refractivity contribution in [2.45, 2.75) is 42.5 Å². The van der Waals surface area contributed by atoms with Crippen LogP contribution in [0.4, 0.5) is 21.7 Å². The van der Waals surface area contributed by atoms with Gasteiger partial charge < -0.3 is 20.3 Å². The molecule has 40 heavy (non-hydrogen) atoms. The molecule has 4 heterocycles. The Bertz CT molecular complexity index is 1430. The number of nitrogens with zero attached hydrogens (tertiary/aromatic N) is 4. The molecule has 0 spiro atoms. The van der Waals surface area contributed by atoms with Gasteiger partial charge in [0.1, 0.15) is 5.82 Å². The number of nitrogens with one attached hydrogen (secondary N) is 2. The smallest absolute Gasteiger partial charge is 0.243 e. The lowest BCUT2D eigenvalue weighted by Crippen LogP contribution is -2.46. The average Bonchev–Trinajstić information content (AvgIpc) is 3.64. The minimum Gasteiger partial charge on any atom is -0.384 e. The third-order valence-electron chi connectivity index (χ3n) is 8.07. The van der Waals surface area contributed by atoms with Gasteiger partial charge in [-0.25, -0.2) is 22.8 Å². The number of fused-ring (bicyclic) bond motifs is 1. The van der Waals surface area contributed by atoms with Crippen LogP contribution in [0.3, 0.4) is 0 Å². The zero-order valence-corrected chi connectivity index (χ0v) is 23.2. The molecule has 1 aromatic heterocycles. The summed E-state index contributed by atoms with van der Waals surface area (Å²) in [5.41, 5.74) is 3.24. The van der Waals surface area contributed by atoms with E-state index in [0.29, 0.717) is 50.8 Å². The minimum atomic E-state index is -3.68. The molecule has 3 aromatic rings. The Morgan fingerprint density at radius 2 is 1.85 bits per heavy atom. The standard InChI is InChI=1S/C29H35FN6O3S/c30-21-3-8-27-25(19-21)26(20-32-27)28-9-12-31-29(34-28)33-22-4-6-24(7-5-22)40(37,38)36(23-10-17-39-18-11-23)16-15-35-13-1-2-14-35/h3-9,12,19,23,26,32H,1-2,10-11,13-18,20H2,(H,31,33,34). The van der Waals surface area contributed by atoms with Crippen LogP contribution in [0.5, 0.6) is 0 Å². The van der Waals surface area contributed by atoms with Crippen molar-refractivity contribution in [1.82, 2.24) is 19.2 Å². The van der Waals surface area contributed by atoms with Gasteiger partial charge in [0.05, 0.1) is 10.6 Å². The second-order valence-electron chi connectivity index (χ2n) is 10.6. The minimum absolute atomic E-state index is 0.0565. The van der Waals surface area contributed by atoms with Crippen molar-refractivity contribution in [3.63, 3.8) is 0 Å². The highest BCUT2D eigenvalue weighted by atomic mass is 32.2. The van der Waals surface area contributed by atoms with Crippen LogP contribution in [0.15, 0.2) is 59.6 Å². The first kappa shape index (κ1) is 27.1. The first-order valence-corrected chi connectivity index (χ1v) is 15.5. The molecule has 2 aromatic carbocycles. The molecule has 11 heteroatoms. The predicted molar refractivity (Wildman–Crippen MR) is 152 cm³/mol. The molecule has 0 amide bonds. The van der Waals surface area contributed by atoms with Crippen molar-refractivity contribution in [3.05, 3.63) is 71.8 Å². The van der Waals surface area contributed by atoms with Crippen molar-refractivity contribution in [2.75, 3.05) is 56.6 Å². The second-order valence-corrected chi connectivity index (χ2v) is 12.5. The molecule has 0 bridgehead atoms. The molecule has 2 N–H and O–H groups in total. The van der Waals surface area contributed by atoms with E-state index in [2.05, 4.69) is 25.5 Å². The fourth-order valence-electron chi connectivity index (χ4n) is 5.89. The van der Waals surface area contributed by atoms with Gasteiger partial charge in [0.25, 0.3) is 0 Å². The molecule has 0 aliphatic carbocycles. The molecule has 2 fully saturated rings. The summed E-state index contributed by atoms with van der Waals surface area (Å²) in [7, 11) is -3.68. The summed E-state index contributed by atoms with van der Waals surface area (Å²) in [4.78, 5) is 11.6. The van der Waals surface area contributed by atoms with E-state index in [4.69, 9.17) is 4.74 Å². The monoisotopic (exact) mass is 566 g/mol. The fraction of sp³-hybridized carbons (Fsp3) is 0.448. The lowest BCUT2D eigenvalue weighted by molar-refractivity contribution is 0.0568. The predicted octanol–water partition coefficient (Wildman–Crippen LogP) is 4.18. The van der Waals surface area contributed by atoms with Gasteiger partial charge >= 0.3 is 0 Å². The summed E-state index contributed by atoms with van der Waals surface area (Å²) in [6.07, 6.45) is 5.44. The molecule has 212 valence electrons. The Morgan fingerprint density at radius 1 is 1.07 bits per heavy atom. The van der Waals surface area contributed by atoms with E-state index in [9.17, 15) is 12.8 Å². The van der Waals surface area contributed by atoms with E-state index < -0.39 is 10.0 Å². The second kappa shape index (κ2) is 11.8. The molecule has 3 aliphatic heterocycles. The van der Waals surface area contributed by atoms with Crippen LogP contribution in [-0.4, -0.2) is 79.6 Å². The molecule has 1 unspecified atom stereocenters. The molecule has 2 saturated heterocycles. The lowest BCUT2D eigenvalue weighted by Gasteiger charge is -2.34. The van der Waals surface area contributed by atoms with E-state index in [1.165, 1.54) is 18.9 Å². The highest BCUT2D eigenvalue weighted by molar-refractivity contribution is 7.89. The number of benzene rings is 2. The van der Waals surface area contributed by atoms with Crippen LogP contribution < -0.4 is 10.6 Å². The van der Waals surface area contributed by atoms with Crippen LogP contribution >= 0.6 is 0 Å². The Morgan fingerprint density at radius 3 is 2.62 bits per heavy atom. The van der Waals surface area contributed by atoms with Gasteiger partial charge in [-0.3, -0.25) is 0 Å². The van der Waals surface area contributed by atoms with E-state index in [1.807, 2.05) is 6.07 Å². The Hall–Kier alpha value is -3.12. The van der Waals surface area contributed by atoms with Gasteiger partial charge in [-0.15, -0.1) is 0 Å². The number of likely N-dealkylation sites (tertiary alicyclic amines) is 1. The number of rotatable bonds is 9. The van der Waals surface area contributed by atoms with Gasteiger partial charge in [0.2, 0.25) is 16.0 Å². The first-order chi connectivity index (χ1) is 19.5. The highest BCUT2D eigenvalue weighted by Crippen LogP contribution is 2.36. The summed E-state index contributed by atoms with van der Waals surface area (Å²) in [5.74, 6) is 0.0345. The van der Waals surface area contributed by atoms with Crippen molar-refractivity contribution in [2.24, 2.45) is 0 Å². The maximum absolute atomic E-state index is 13.9. The number of hydrogen-bond acceptors (Lipinski definition) is 8. The van der Waals surface area contributed by atoms with Gasteiger partial charge in [0.15, 0.2) is 0 Å². The number of anilines is 3. The normalized spacial score (nSPS) is 20.0. The third-order valence-corrected chi connectivity index (χ3v) is 10.0. The summed E-state index contributed by atoms with van der Waals surface area (Å²) >= 11 is 0. The van der Waals surface area contributed by atoms with Gasteiger partial charge in [0, 0.05) is 62.4 Å². The maximum atomic E-state index is 13.9. The van der Waals surface area contributed by atoms with E-state index >= 15 is 0 Å². The molecule has 1 atom stereocenters. The zero-order valence-electron chi connectivity index (χ0n) is 22.4. The largest absolute Gasteiger partial charge is 0.384 e. The molecule has 0 saturated carbocycles. The van der Waals surface area contributed by atoms with E-state index in [-0.39, 0.29) is 22.7 Å². The van der Waals surface area contributed by atoms with Crippen molar-refractivity contribution < 1.29 is 17.5 Å². The van der Waals surface area contributed by atoms with Crippen LogP contribution in [0.2, 0.25) is 0 Å². The van der Waals surface area contributed by atoms with Crippen molar-refractivity contribution in [1.29, 1.82) is 0 Å². The van der Waals surface area contributed by atoms with Crippen LogP contribution in [0, 0.1) is 5.82 Å². The number of halogens is 1. The molecular formula is C29H35FN6O3S.